The molecule has 0 amide bonds. The average Bonchev–Trinajstić information content (AvgIpc) is 2.40. The van der Waals surface area contributed by atoms with Crippen LogP contribution in [-0.4, -0.2) is 5.78 Å². The molecule has 104 valence electrons. The zero-order valence-corrected chi connectivity index (χ0v) is 12.1. The van der Waals surface area contributed by atoms with E-state index in [2.05, 4.69) is 13.8 Å². The Bertz CT molecular complexity index is 629. The van der Waals surface area contributed by atoms with Gasteiger partial charge in [-0.25, -0.2) is 4.39 Å². The minimum atomic E-state index is -0.463. The largest absolute Gasteiger partial charge is 0.288 e. The van der Waals surface area contributed by atoms with Gasteiger partial charge in [-0.3, -0.25) is 4.79 Å². The second-order valence-electron chi connectivity index (χ2n) is 5.61. The maximum atomic E-state index is 13.8. The molecule has 0 radical (unpaired) electrons. The number of hydrogen-bond acceptors (Lipinski definition) is 1. The van der Waals surface area contributed by atoms with Gasteiger partial charge < -0.3 is 0 Å². The first-order chi connectivity index (χ1) is 9.47. The molecule has 2 aromatic carbocycles. The Balaban J connectivity index is 2.35. The Labute approximate surface area is 119 Å². The summed E-state index contributed by atoms with van der Waals surface area (Å²) in [6.45, 7) is 6.12. The van der Waals surface area contributed by atoms with Crippen LogP contribution in [0.15, 0.2) is 42.5 Å². The molecule has 0 spiro atoms. The molecule has 0 bridgehead atoms. The van der Waals surface area contributed by atoms with Crippen molar-refractivity contribution in [3.63, 3.8) is 0 Å². The van der Waals surface area contributed by atoms with E-state index in [4.69, 9.17) is 0 Å². The summed E-state index contributed by atoms with van der Waals surface area (Å²) in [6.07, 6.45) is 0.914. The first kappa shape index (κ1) is 14.4. The molecule has 0 saturated heterocycles. The van der Waals surface area contributed by atoms with Crippen molar-refractivity contribution in [3.8, 4) is 0 Å². The lowest BCUT2D eigenvalue weighted by atomic mass is 9.96. The lowest BCUT2D eigenvalue weighted by Crippen LogP contribution is -2.06. The van der Waals surface area contributed by atoms with Crippen LogP contribution in [-0.2, 0) is 6.42 Å². The van der Waals surface area contributed by atoms with E-state index in [1.807, 2.05) is 25.1 Å². The monoisotopic (exact) mass is 270 g/mol. The highest BCUT2D eigenvalue weighted by molar-refractivity contribution is 6.09. The van der Waals surface area contributed by atoms with Crippen LogP contribution in [0.4, 0.5) is 4.39 Å². The van der Waals surface area contributed by atoms with Crippen LogP contribution < -0.4 is 0 Å². The zero-order chi connectivity index (χ0) is 14.7. The maximum Gasteiger partial charge on any atom is 0.195 e. The van der Waals surface area contributed by atoms with E-state index in [1.165, 1.54) is 6.07 Å². The highest BCUT2D eigenvalue weighted by Gasteiger charge is 2.14. The minimum absolute atomic E-state index is 0.145. The van der Waals surface area contributed by atoms with Gasteiger partial charge >= 0.3 is 0 Å². The summed E-state index contributed by atoms with van der Waals surface area (Å²) in [7, 11) is 0. The summed E-state index contributed by atoms with van der Waals surface area (Å²) < 4.78 is 13.8. The molecule has 0 N–H and O–H groups in total. The van der Waals surface area contributed by atoms with Gasteiger partial charge in [-0.05, 0) is 43.0 Å². The van der Waals surface area contributed by atoms with Crippen molar-refractivity contribution < 1.29 is 9.18 Å². The molecule has 2 aromatic rings. The normalized spacial score (nSPS) is 10.8. The van der Waals surface area contributed by atoms with Gasteiger partial charge in [0.25, 0.3) is 0 Å². The number of rotatable bonds is 4. The van der Waals surface area contributed by atoms with Gasteiger partial charge in [-0.15, -0.1) is 0 Å². The molecule has 0 aliphatic heterocycles. The van der Waals surface area contributed by atoms with Crippen molar-refractivity contribution in [2.75, 3.05) is 0 Å². The van der Waals surface area contributed by atoms with E-state index in [0.29, 0.717) is 11.5 Å². The molecule has 1 nitrogen and oxygen atoms in total. The third-order valence-corrected chi connectivity index (χ3v) is 3.20. The Morgan fingerprint density at radius 2 is 1.90 bits per heavy atom. The van der Waals surface area contributed by atoms with Crippen LogP contribution in [0, 0.1) is 18.7 Å². The summed E-state index contributed by atoms with van der Waals surface area (Å²) in [5.74, 6) is -0.192. The van der Waals surface area contributed by atoms with Gasteiger partial charge in [-0.1, -0.05) is 43.7 Å². The van der Waals surface area contributed by atoms with Crippen molar-refractivity contribution in [3.05, 3.63) is 70.5 Å². The average molecular weight is 270 g/mol. The van der Waals surface area contributed by atoms with E-state index in [0.717, 1.165) is 17.5 Å². The Kier molecular flexibility index (Phi) is 4.33. The molecular weight excluding hydrogens is 251 g/mol. The van der Waals surface area contributed by atoms with Gasteiger partial charge in [0.15, 0.2) is 5.78 Å². The number of hydrogen-bond donors (Lipinski definition) is 0. The van der Waals surface area contributed by atoms with Crippen molar-refractivity contribution in [2.45, 2.75) is 27.2 Å². The van der Waals surface area contributed by atoms with Crippen LogP contribution in [0.2, 0.25) is 0 Å². The van der Waals surface area contributed by atoms with E-state index in [-0.39, 0.29) is 11.3 Å². The maximum absolute atomic E-state index is 13.8. The summed E-state index contributed by atoms with van der Waals surface area (Å²) in [5, 5.41) is 0. The summed E-state index contributed by atoms with van der Waals surface area (Å²) in [6, 6.07) is 12.1. The van der Waals surface area contributed by atoms with Crippen LogP contribution >= 0.6 is 0 Å². The van der Waals surface area contributed by atoms with Crippen molar-refractivity contribution in [1.29, 1.82) is 0 Å². The molecule has 0 saturated carbocycles. The van der Waals surface area contributed by atoms with Crippen LogP contribution in [0.3, 0.4) is 0 Å². The van der Waals surface area contributed by atoms with Gasteiger partial charge in [0.2, 0.25) is 0 Å². The quantitative estimate of drug-likeness (QED) is 0.744. The fraction of sp³-hybridized carbons (Fsp3) is 0.278. The van der Waals surface area contributed by atoms with Crippen molar-refractivity contribution in [1.82, 2.24) is 0 Å². The van der Waals surface area contributed by atoms with E-state index in [9.17, 15) is 9.18 Å². The first-order valence-electron chi connectivity index (χ1n) is 6.87. The summed E-state index contributed by atoms with van der Waals surface area (Å²) in [4.78, 5) is 12.4. The van der Waals surface area contributed by atoms with Crippen LogP contribution in [0.5, 0.6) is 0 Å². The van der Waals surface area contributed by atoms with E-state index < -0.39 is 5.82 Å². The second kappa shape index (κ2) is 6.00. The number of ketones is 1. The van der Waals surface area contributed by atoms with Gasteiger partial charge in [-0.2, -0.15) is 0 Å². The van der Waals surface area contributed by atoms with Gasteiger partial charge in [0.05, 0.1) is 5.56 Å². The Morgan fingerprint density at radius 1 is 1.15 bits per heavy atom. The fourth-order valence-corrected chi connectivity index (χ4v) is 2.28. The SMILES string of the molecule is Cc1ccc(F)c(C(=O)c2cccc(CC(C)C)c2)c1. The molecule has 20 heavy (non-hydrogen) atoms. The molecule has 0 aliphatic carbocycles. The Hall–Kier alpha value is -1.96. The number of carbonyl (C=O) groups is 1. The number of halogens is 1. The van der Waals surface area contributed by atoms with Crippen LogP contribution in [0.1, 0.15) is 40.9 Å². The highest BCUT2D eigenvalue weighted by Crippen LogP contribution is 2.17. The molecule has 2 rings (SSSR count). The van der Waals surface area contributed by atoms with Gasteiger partial charge in [0.1, 0.15) is 5.82 Å². The summed E-state index contributed by atoms with van der Waals surface area (Å²) in [5.41, 5.74) is 2.69. The highest BCUT2D eigenvalue weighted by atomic mass is 19.1. The molecule has 0 aromatic heterocycles. The molecule has 0 unspecified atom stereocenters. The molecule has 0 fully saturated rings. The lowest BCUT2D eigenvalue weighted by Gasteiger charge is -2.08. The van der Waals surface area contributed by atoms with Crippen LogP contribution in [0.25, 0.3) is 0 Å². The van der Waals surface area contributed by atoms with Crippen molar-refractivity contribution in [2.24, 2.45) is 5.92 Å². The summed E-state index contributed by atoms with van der Waals surface area (Å²) >= 11 is 0. The standard InChI is InChI=1S/C18H19FO/c1-12(2)9-14-5-4-6-15(11-14)18(20)16-10-13(3)7-8-17(16)19/h4-8,10-12H,9H2,1-3H3. The lowest BCUT2D eigenvalue weighted by molar-refractivity contribution is 0.103. The van der Waals surface area contributed by atoms with E-state index in [1.54, 1.807) is 18.2 Å². The van der Waals surface area contributed by atoms with Gasteiger partial charge in [0, 0.05) is 5.56 Å². The molecule has 2 heteroatoms. The van der Waals surface area contributed by atoms with Crippen molar-refractivity contribution >= 4 is 5.78 Å². The molecule has 0 heterocycles. The molecule has 0 atom stereocenters. The fourth-order valence-electron chi connectivity index (χ4n) is 2.28. The number of carbonyl (C=O) groups excluding carboxylic acids is 1. The molecule has 0 aliphatic rings. The predicted molar refractivity (Wildman–Crippen MR) is 79.6 cm³/mol. The third kappa shape index (κ3) is 3.32. The topological polar surface area (TPSA) is 17.1 Å². The zero-order valence-electron chi connectivity index (χ0n) is 12.1. The first-order valence-corrected chi connectivity index (χ1v) is 6.87. The number of aryl methyl sites for hydroxylation is 1. The second-order valence-corrected chi connectivity index (χ2v) is 5.61. The number of benzene rings is 2. The van der Waals surface area contributed by atoms with E-state index >= 15 is 0 Å². The third-order valence-electron chi connectivity index (χ3n) is 3.20. The smallest absolute Gasteiger partial charge is 0.195 e. The predicted octanol–water partition coefficient (Wildman–Crippen LogP) is 4.56. The minimum Gasteiger partial charge on any atom is -0.288 e. The molecular formula is C18H19FO. The Morgan fingerprint density at radius 3 is 2.60 bits per heavy atom.